The van der Waals surface area contributed by atoms with Crippen molar-refractivity contribution in [3.63, 3.8) is 0 Å². The minimum Gasteiger partial charge on any atom is -0.478 e. The summed E-state index contributed by atoms with van der Waals surface area (Å²) in [5.74, 6) is -1.14. The topological polar surface area (TPSA) is 70.4 Å². The van der Waals surface area contributed by atoms with Gasteiger partial charge in [0.25, 0.3) is 0 Å². The second-order valence-electron chi connectivity index (χ2n) is 3.61. The second kappa shape index (κ2) is 5.57. The average Bonchev–Trinajstić information content (AvgIpc) is 2.89. The molecule has 2 aromatic heterocycles. The molecule has 0 aliphatic heterocycles. The fraction of sp³-hybridized carbons (Fsp3) is 0.0769. The van der Waals surface area contributed by atoms with Crippen molar-refractivity contribution in [2.75, 3.05) is 0 Å². The number of hydrogen-bond donors (Lipinski definition) is 2. The molecule has 0 aliphatic carbocycles. The lowest BCUT2D eigenvalue weighted by atomic mass is 10.0. The third kappa shape index (κ3) is 2.82. The molecule has 2 N–H and O–H groups in total. The van der Waals surface area contributed by atoms with Crippen molar-refractivity contribution in [3.8, 4) is 0 Å². The van der Waals surface area contributed by atoms with Crippen LogP contribution in [0, 0.1) is 0 Å². The highest BCUT2D eigenvalue weighted by atomic mass is 32.1. The molecule has 0 spiro atoms. The van der Waals surface area contributed by atoms with E-state index in [4.69, 9.17) is 5.11 Å². The molecular formula is C13H11NO3S. The number of rotatable bonds is 4. The third-order valence-corrected chi connectivity index (χ3v) is 3.20. The van der Waals surface area contributed by atoms with Crippen LogP contribution in [0.5, 0.6) is 0 Å². The lowest BCUT2D eigenvalue weighted by Gasteiger charge is -2.11. The maximum Gasteiger partial charge on any atom is 0.334 e. The van der Waals surface area contributed by atoms with Crippen LogP contribution in [0.4, 0.5) is 0 Å². The van der Waals surface area contributed by atoms with E-state index in [1.165, 1.54) is 23.6 Å². The third-order valence-electron chi connectivity index (χ3n) is 2.38. The van der Waals surface area contributed by atoms with Crippen molar-refractivity contribution in [2.24, 2.45) is 0 Å². The highest BCUT2D eigenvalue weighted by Gasteiger charge is 2.20. The molecule has 0 radical (unpaired) electrons. The van der Waals surface area contributed by atoms with E-state index in [9.17, 15) is 9.90 Å². The zero-order valence-electron chi connectivity index (χ0n) is 9.35. The summed E-state index contributed by atoms with van der Waals surface area (Å²) in [6.45, 7) is 0. The Balaban J connectivity index is 2.35. The Labute approximate surface area is 108 Å². The number of hydrogen-bond acceptors (Lipinski definition) is 4. The molecule has 0 saturated heterocycles. The number of pyridine rings is 1. The summed E-state index contributed by atoms with van der Waals surface area (Å²) < 4.78 is 0. The standard InChI is InChI=1S/C13H11NO3S/c15-12(9-3-1-5-14-8-9)11(13(16)17)7-10-4-2-6-18-10/h1-8,12,15H,(H,16,17). The Kier molecular flexibility index (Phi) is 3.86. The fourth-order valence-electron chi connectivity index (χ4n) is 1.50. The molecule has 1 unspecified atom stereocenters. The molecule has 0 aliphatic rings. The molecule has 0 amide bonds. The molecule has 92 valence electrons. The van der Waals surface area contributed by atoms with Gasteiger partial charge in [-0.2, -0.15) is 0 Å². The first-order valence-corrected chi connectivity index (χ1v) is 6.13. The predicted molar refractivity (Wildman–Crippen MR) is 69.1 cm³/mol. The highest BCUT2D eigenvalue weighted by Crippen LogP contribution is 2.24. The van der Waals surface area contributed by atoms with Crippen LogP contribution in [0.2, 0.25) is 0 Å². The van der Waals surface area contributed by atoms with Crippen molar-refractivity contribution < 1.29 is 15.0 Å². The van der Waals surface area contributed by atoms with Crippen LogP contribution in [0.1, 0.15) is 16.5 Å². The van der Waals surface area contributed by atoms with Gasteiger partial charge < -0.3 is 10.2 Å². The Morgan fingerprint density at radius 3 is 2.78 bits per heavy atom. The van der Waals surface area contributed by atoms with Crippen molar-refractivity contribution in [3.05, 3.63) is 58.1 Å². The van der Waals surface area contributed by atoms with Gasteiger partial charge in [0.05, 0.1) is 5.57 Å². The number of aliphatic hydroxyl groups excluding tert-OH is 1. The van der Waals surface area contributed by atoms with Crippen LogP contribution in [0.25, 0.3) is 6.08 Å². The van der Waals surface area contributed by atoms with Crippen LogP contribution in [-0.2, 0) is 4.79 Å². The Bertz CT molecular complexity index is 549. The molecule has 0 fully saturated rings. The Morgan fingerprint density at radius 1 is 1.39 bits per heavy atom. The molecule has 0 saturated carbocycles. The van der Waals surface area contributed by atoms with E-state index in [2.05, 4.69) is 4.98 Å². The molecule has 4 nitrogen and oxygen atoms in total. The summed E-state index contributed by atoms with van der Waals surface area (Å²) in [5, 5.41) is 21.1. The van der Waals surface area contributed by atoms with Gasteiger partial charge in [-0.15, -0.1) is 11.3 Å². The van der Waals surface area contributed by atoms with E-state index >= 15 is 0 Å². The van der Waals surface area contributed by atoms with Crippen molar-refractivity contribution in [2.45, 2.75) is 6.10 Å². The van der Waals surface area contributed by atoms with Gasteiger partial charge in [-0.25, -0.2) is 4.79 Å². The highest BCUT2D eigenvalue weighted by molar-refractivity contribution is 7.10. The van der Waals surface area contributed by atoms with Crippen LogP contribution in [0.15, 0.2) is 47.6 Å². The zero-order chi connectivity index (χ0) is 13.0. The number of carboxylic acid groups (broad SMARTS) is 1. The molecule has 5 heteroatoms. The number of aromatic nitrogens is 1. The van der Waals surface area contributed by atoms with Gasteiger partial charge in [-0.05, 0) is 23.6 Å². The summed E-state index contributed by atoms with van der Waals surface area (Å²) in [6, 6.07) is 6.92. The van der Waals surface area contributed by atoms with E-state index in [0.717, 1.165) is 4.88 Å². The van der Waals surface area contributed by atoms with E-state index < -0.39 is 12.1 Å². The van der Waals surface area contributed by atoms with E-state index in [1.807, 2.05) is 11.4 Å². The maximum absolute atomic E-state index is 11.2. The molecule has 2 heterocycles. The number of aliphatic hydroxyl groups is 1. The quantitative estimate of drug-likeness (QED) is 0.829. The smallest absolute Gasteiger partial charge is 0.334 e. The van der Waals surface area contributed by atoms with E-state index in [1.54, 1.807) is 24.4 Å². The van der Waals surface area contributed by atoms with Crippen LogP contribution < -0.4 is 0 Å². The second-order valence-corrected chi connectivity index (χ2v) is 4.59. The van der Waals surface area contributed by atoms with Crippen molar-refractivity contribution in [1.29, 1.82) is 0 Å². The van der Waals surface area contributed by atoms with Crippen LogP contribution in [-0.4, -0.2) is 21.2 Å². The largest absolute Gasteiger partial charge is 0.478 e. The molecule has 0 bridgehead atoms. The van der Waals surface area contributed by atoms with Gasteiger partial charge in [-0.1, -0.05) is 12.1 Å². The molecule has 1 atom stereocenters. The number of thiophene rings is 1. The molecule has 0 aromatic carbocycles. The fourth-order valence-corrected chi connectivity index (χ4v) is 2.17. The van der Waals surface area contributed by atoms with Gasteiger partial charge in [0.15, 0.2) is 0 Å². The van der Waals surface area contributed by atoms with Gasteiger partial charge >= 0.3 is 5.97 Å². The molecule has 18 heavy (non-hydrogen) atoms. The number of nitrogens with zero attached hydrogens (tertiary/aromatic N) is 1. The van der Waals surface area contributed by atoms with Gasteiger partial charge in [-0.3, -0.25) is 4.98 Å². The maximum atomic E-state index is 11.2. The Hall–Kier alpha value is -1.98. The van der Waals surface area contributed by atoms with Crippen molar-refractivity contribution in [1.82, 2.24) is 4.98 Å². The summed E-state index contributed by atoms with van der Waals surface area (Å²) in [6.07, 6.45) is 3.32. The first-order chi connectivity index (χ1) is 8.68. The SMILES string of the molecule is O=C(O)C(=Cc1cccs1)C(O)c1cccnc1. The summed E-state index contributed by atoms with van der Waals surface area (Å²) in [4.78, 5) is 15.9. The minimum absolute atomic E-state index is 0.0644. The van der Waals surface area contributed by atoms with E-state index in [0.29, 0.717) is 5.56 Å². The summed E-state index contributed by atoms with van der Waals surface area (Å²) in [7, 11) is 0. The summed E-state index contributed by atoms with van der Waals surface area (Å²) >= 11 is 1.41. The molecule has 2 aromatic rings. The van der Waals surface area contributed by atoms with Crippen LogP contribution in [0.3, 0.4) is 0 Å². The van der Waals surface area contributed by atoms with Gasteiger partial charge in [0.2, 0.25) is 0 Å². The van der Waals surface area contributed by atoms with Crippen LogP contribution >= 0.6 is 11.3 Å². The van der Waals surface area contributed by atoms with E-state index in [-0.39, 0.29) is 5.57 Å². The predicted octanol–water partition coefficient (Wildman–Crippen LogP) is 2.34. The first kappa shape index (κ1) is 12.5. The number of aliphatic carboxylic acids is 1. The lowest BCUT2D eigenvalue weighted by molar-refractivity contribution is -0.133. The normalized spacial score (nSPS) is 13.3. The zero-order valence-corrected chi connectivity index (χ0v) is 10.2. The molecular weight excluding hydrogens is 250 g/mol. The summed E-state index contributed by atoms with van der Waals surface area (Å²) in [5.41, 5.74) is 0.396. The minimum atomic E-state index is -1.18. The monoisotopic (exact) mass is 261 g/mol. The molecule has 2 rings (SSSR count). The first-order valence-electron chi connectivity index (χ1n) is 5.25. The van der Waals surface area contributed by atoms with Gasteiger partial charge in [0.1, 0.15) is 6.10 Å². The number of carbonyl (C=O) groups is 1. The van der Waals surface area contributed by atoms with Gasteiger partial charge in [0, 0.05) is 22.8 Å². The van der Waals surface area contributed by atoms with Crippen molar-refractivity contribution >= 4 is 23.4 Å². The average molecular weight is 261 g/mol. The number of carboxylic acids is 1. The lowest BCUT2D eigenvalue weighted by Crippen LogP contribution is -2.10. The Morgan fingerprint density at radius 2 is 2.22 bits per heavy atom.